The van der Waals surface area contributed by atoms with Gasteiger partial charge in [-0.25, -0.2) is 0 Å². The van der Waals surface area contributed by atoms with Crippen molar-refractivity contribution in [1.29, 1.82) is 0 Å². The standard InChI is InChI=1S/C17H36N2/c1-14(2)19(15(3)4)13-12-18-16-8-7-10-17(5,6)11-9-16/h14-16,18H,7-13H2,1-6H3. The summed E-state index contributed by atoms with van der Waals surface area (Å²) in [5.41, 5.74) is 0.568. The first-order chi connectivity index (χ1) is 8.82. The Balaban J connectivity index is 2.29. The summed E-state index contributed by atoms with van der Waals surface area (Å²) in [7, 11) is 0. The average molecular weight is 268 g/mol. The molecule has 1 atom stereocenters. The zero-order chi connectivity index (χ0) is 14.5. The molecule has 114 valence electrons. The van der Waals surface area contributed by atoms with Crippen LogP contribution in [0.15, 0.2) is 0 Å². The molecule has 1 N–H and O–H groups in total. The molecule has 2 heteroatoms. The zero-order valence-electron chi connectivity index (χ0n) is 14.1. The third-order valence-corrected chi connectivity index (χ3v) is 4.71. The minimum Gasteiger partial charge on any atom is -0.313 e. The van der Waals surface area contributed by atoms with E-state index in [0.29, 0.717) is 17.5 Å². The molecule has 0 heterocycles. The minimum atomic E-state index is 0.568. The Morgan fingerprint density at radius 3 is 2.26 bits per heavy atom. The third-order valence-electron chi connectivity index (χ3n) is 4.71. The van der Waals surface area contributed by atoms with Crippen molar-refractivity contribution in [2.75, 3.05) is 13.1 Å². The van der Waals surface area contributed by atoms with Gasteiger partial charge in [-0.3, -0.25) is 4.90 Å². The number of nitrogens with one attached hydrogen (secondary N) is 1. The van der Waals surface area contributed by atoms with Gasteiger partial charge < -0.3 is 5.32 Å². The molecule has 0 bridgehead atoms. The van der Waals surface area contributed by atoms with Crippen LogP contribution >= 0.6 is 0 Å². The molecule has 0 radical (unpaired) electrons. The van der Waals surface area contributed by atoms with Crippen molar-refractivity contribution >= 4 is 0 Å². The topological polar surface area (TPSA) is 15.3 Å². The van der Waals surface area contributed by atoms with Crippen molar-refractivity contribution in [3.63, 3.8) is 0 Å². The van der Waals surface area contributed by atoms with Gasteiger partial charge >= 0.3 is 0 Å². The molecule has 1 unspecified atom stereocenters. The van der Waals surface area contributed by atoms with E-state index in [2.05, 4.69) is 51.8 Å². The molecule has 0 aromatic rings. The van der Waals surface area contributed by atoms with E-state index in [0.717, 1.165) is 12.6 Å². The maximum Gasteiger partial charge on any atom is 0.0112 e. The molecule has 0 aliphatic heterocycles. The van der Waals surface area contributed by atoms with Gasteiger partial charge in [0.25, 0.3) is 0 Å². The van der Waals surface area contributed by atoms with Crippen LogP contribution < -0.4 is 5.32 Å². The van der Waals surface area contributed by atoms with E-state index in [1.165, 1.54) is 38.6 Å². The van der Waals surface area contributed by atoms with Crippen molar-refractivity contribution in [3.05, 3.63) is 0 Å². The molecule has 0 saturated heterocycles. The van der Waals surface area contributed by atoms with Crippen molar-refractivity contribution in [1.82, 2.24) is 10.2 Å². The van der Waals surface area contributed by atoms with Crippen LogP contribution in [0.3, 0.4) is 0 Å². The highest BCUT2D eigenvalue weighted by atomic mass is 15.2. The summed E-state index contributed by atoms with van der Waals surface area (Å²) in [6, 6.07) is 2.05. The van der Waals surface area contributed by atoms with Gasteiger partial charge in [0, 0.05) is 31.2 Å². The summed E-state index contributed by atoms with van der Waals surface area (Å²) in [5.74, 6) is 0. The van der Waals surface area contributed by atoms with Gasteiger partial charge in [-0.05, 0) is 58.8 Å². The number of hydrogen-bond donors (Lipinski definition) is 1. The molecule has 0 aromatic carbocycles. The van der Waals surface area contributed by atoms with Crippen LogP contribution in [0, 0.1) is 5.41 Å². The SMILES string of the molecule is CC(C)N(CCNC1CCCC(C)(C)CC1)C(C)C. The molecule has 1 fully saturated rings. The van der Waals surface area contributed by atoms with E-state index in [9.17, 15) is 0 Å². The fourth-order valence-electron chi connectivity index (χ4n) is 3.38. The van der Waals surface area contributed by atoms with E-state index in [-0.39, 0.29) is 0 Å². The van der Waals surface area contributed by atoms with Crippen LogP contribution in [-0.2, 0) is 0 Å². The molecule has 0 spiro atoms. The summed E-state index contributed by atoms with van der Waals surface area (Å²) in [5, 5.41) is 3.80. The van der Waals surface area contributed by atoms with E-state index in [1.807, 2.05) is 0 Å². The largest absolute Gasteiger partial charge is 0.313 e. The fraction of sp³-hybridized carbons (Fsp3) is 1.00. The molecular weight excluding hydrogens is 232 g/mol. The highest BCUT2D eigenvalue weighted by Gasteiger charge is 2.24. The molecule has 1 rings (SSSR count). The van der Waals surface area contributed by atoms with Crippen LogP contribution in [0.4, 0.5) is 0 Å². The molecule has 19 heavy (non-hydrogen) atoms. The Morgan fingerprint density at radius 2 is 1.68 bits per heavy atom. The van der Waals surface area contributed by atoms with Gasteiger partial charge in [-0.2, -0.15) is 0 Å². The smallest absolute Gasteiger partial charge is 0.0112 e. The fourth-order valence-corrected chi connectivity index (χ4v) is 3.38. The van der Waals surface area contributed by atoms with Gasteiger partial charge in [0.1, 0.15) is 0 Å². The first-order valence-electron chi connectivity index (χ1n) is 8.31. The predicted octanol–water partition coefficient (Wildman–Crippen LogP) is 4.05. The Hall–Kier alpha value is -0.0800. The number of rotatable bonds is 6. The van der Waals surface area contributed by atoms with Gasteiger partial charge in [0.15, 0.2) is 0 Å². The molecule has 0 amide bonds. The van der Waals surface area contributed by atoms with Gasteiger partial charge in [-0.15, -0.1) is 0 Å². The molecule has 2 nitrogen and oxygen atoms in total. The molecule has 0 aromatic heterocycles. The van der Waals surface area contributed by atoms with Gasteiger partial charge in [0.2, 0.25) is 0 Å². The quantitative estimate of drug-likeness (QED) is 0.731. The summed E-state index contributed by atoms with van der Waals surface area (Å²) >= 11 is 0. The number of nitrogens with zero attached hydrogens (tertiary/aromatic N) is 1. The molecule has 1 aliphatic rings. The Morgan fingerprint density at radius 1 is 1.05 bits per heavy atom. The second-order valence-corrected chi connectivity index (χ2v) is 7.67. The van der Waals surface area contributed by atoms with E-state index in [4.69, 9.17) is 0 Å². The Bertz CT molecular complexity index is 238. The van der Waals surface area contributed by atoms with Crippen LogP contribution in [0.2, 0.25) is 0 Å². The normalized spacial score (nSPS) is 24.2. The lowest BCUT2D eigenvalue weighted by molar-refractivity contribution is 0.173. The highest BCUT2D eigenvalue weighted by molar-refractivity contribution is 4.80. The molecule has 1 aliphatic carbocycles. The monoisotopic (exact) mass is 268 g/mol. The van der Waals surface area contributed by atoms with Crippen LogP contribution in [0.25, 0.3) is 0 Å². The summed E-state index contributed by atoms with van der Waals surface area (Å²) < 4.78 is 0. The lowest BCUT2D eigenvalue weighted by Gasteiger charge is -2.31. The lowest BCUT2D eigenvalue weighted by atomic mass is 9.85. The molecular formula is C17H36N2. The first-order valence-corrected chi connectivity index (χ1v) is 8.31. The number of hydrogen-bond acceptors (Lipinski definition) is 2. The van der Waals surface area contributed by atoms with Gasteiger partial charge in [-0.1, -0.05) is 20.3 Å². The third kappa shape index (κ3) is 6.27. The minimum absolute atomic E-state index is 0.568. The zero-order valence-corrected chi connectivity index (χ0v) is 14.1. The van der Waals surface area contributed by atoms with Crippen molar-refractivity contribution in [2.24, 2.45) is 5.41 Å². The second-order valence-electron chi connectivity index (χ2n) is 7.67. The summed E-state index contributed by atoms with van der Waals surface area (Å²) in [6.07, 6.45) is 6.89. The van der Waals surface area contributed by atoms with Gasteiger partial charge in [0.05, 0.1) is 0 Å². The van der Waals surface area contributed by atoms with E-state index >= 15 is 0 Å². The van der Waals surface area contributed by atoms with Crippen LogP contribution in [0.1, 0.15) is 73.6 Å². The van der Waals surface area contributed by atoms with Crippen molar-refractivity contribution in [3.8, 4) is 0 Å². The van der Waals surface area contributed by atoms with Crippen molar-refractivity contribution in [2.45, 2.75) is 91.8 Å². The van der Waals surface area contributed by atoms with Crippen LogP contribution in [-0.4, -0.2) is 36.1 Å². The van der Waals surface area contributed by atoms with Crippen molar-refractivity contribution < 1.29 is 0 Å². The maximum atomic E-state index is 3.80. The van der Waals surface area contributed by atoms with E-state index in [1.54, 1.807) is 0 Å². The average Bonchev–Trinajstić information content (AvgIpc) is 2.45. The second kappa shape index (κ2) is 7.64. The van der Waals surface area contributed by atoms with E-state index < -0.39 is 0 Å². The Kier molecular flexibility index (Phi) is 6.82. The first kappa shape index (κ1) is 17.0. The summed E-state index contributed by atoms with van der Waals surface area (Å²) in [6.45, 7) is 16.4. The highest BCUT2D eigenvalue weighted by Crippen LogP contribution is 2.33. The summed E-state index contributed by atoms with van der Waals surface area (Å²) in [4.78, 5) is 2.58. The predicted molar refractivity (Wildman–Crippen MR) is 85.6 cm³/mol. The molecule has 1 saturated carbocycles. The van der Waals surface area contributed by atoms with Crippen LogP contribution in [0.5, 0.6) is 0 Å². The Labute approximate surface area is 121 Å². The maximum absolute atomic E-state index is 3.80. The lowest BCUT2D eigenvalue weighted by Crippen LogP contribution is -2.43.